The van der Waals surface area contributed by atoms with Gasteiger partial charge in [0.15, 0.2) is 18.1 Å². The molecule has 7 heteroatoms. The average Bonchev–Trinajstić information content (AvgIpc) is 2.54. The molecule has 0 bridgehead atoms. The molecule has 0 aliphatic rings. The molecule has 0 saturated heterocycles. The Morgan fingerprint density at radius 3 is 2.74 bits per heavy atom. The highest BCUT2D eigenvalue weighted by Crippen LogP contribution is 2.36. The summed E-state index contributed by atoms with van der Waals surface area (Å²) in [5, 5.41) is 6.21. The van der Waals surface area contributed by atoms with Crippen molar-refractivity contribution in [2.45, 2.75) is 0 Å². The van der Waals surface area contributed by atoms with Gasteiger partial charge in [-0.1, -0.05) is 18.2 Å². The van der Waals surface area contributed by atoms with Crippen molar-refractivity contribution in [1.29, 1.82) is 0 Å². The second kappa shape index (κ2) is 8.19. The second-order valence-corrected chi connectivity index (χ2v) is 5.37. The van der Waals surface area contributed by atoms with Gasteiger partial charge in [0.2, 0.25) is 0 Å². The summed E-state index contributed by atoms with van der Waals surface area (Å²) < 4.78 is 11.5. The van der Waals surface area contributed by atoms with Gasteiger partial charge in [0.1, 0.15) is 0 Å². The summed E-state index contributed by atoms with van der Waals surface area (Å²) in [7, 11) is 1.52. The van der Waals surface area contributed by atoms with E-state index in [-0.39, 0.29) is 12.5 Å². The smallest absolute Gasteiger partial charge is 0.262 e. The van der Waals surface area contributed by atoms with Crippen LogP contribution in [-0.2, 0) is 4.79 Å². The number of anilines is 1. The summed E-state index contributed by atoms with van der Waals surface area (Å²) in [5.41, 5.74) is 1.46. The lowest BCUT2D eigenvalue weighted by atomic mass is 10.2. The maximum absolute atomic E-state index is 11.9. The third kappa shape index (κ3) is 4.72. The standard InChI is InChI=1S/C16H16BrN3O3/c1-22-14-8-11(9-19-18)7-13(17)16(14)23-10-15(21)20-12-5-3-2-4-6-12/h2-9H,10,18H2,1H3,(H,20,21). The summed E-state index contributed by atoms with van der Waals surface area (Å²) >= 11 is 3.39. The van der Waals surface area contributed by atoms with Gasteiger partial charge in [0, 0.05) is 5.69 Å². The fourth-order valence-electron chi connectivity index (χ4n) is 1.90. The van der Waals surface area contributed by atoms with E-state index in [0.29, 0.717) is 21.7 Å². The van der Waals surface area contributed by atoms with Gasteiger partial charge in [-0.15, -0.1) is 0 Å². The Balaban J connectivity index is 2.06. The van der Waals surface area contributed by atoms with Gasteiger partial charge >= 0.3 is 0 Å². The first kappa shape index (κ1) is 16.8. The van der Waals surface area contributed by atoms with Crippen LogP contribution in [0.5, 0.6) is 11.5 Å². The Morgan fingerprint density at radius 1 is 1.35 bits per heavy atom. The third-order valence-corrected chi connectivity index (χ3v) is 3.47. The molecule has 0 radical (unpaired) electrons. The van der Waals surface area contributed by atoms with Crippen LogP contribution in [0.2, 0.25) is 0 Å². The molecule has 6 nitrogen and oxygen atoms in total. The van der Waals surface area contributed by atoms with Gasteiger partial charge < -0.3 is 20.6 Å². The summed E-state index contributed by atoms with van der Waals surface area (Å²) in [6.07, 6.45) is 1.49. The number of rotatable bonds is 6. The number of amides is 1. The van der Waals surface area contributed by atoms with Crippen molar-refractivity contribution >= 4 is 33.7 Å². The van der Waals surface area contributed by atoms with Gasteiger partial charge in [-0.3, -0.25) is 4.79 Å². The number of nitrogens with one attached hydrogen (secondary N) is 1. The molecule has 0 saturated carbocycles. The van der Waals surface area contributed by atoms with Crippen LogP contribution >= 0.6 is 15.9 Å². The molecule has 0 aliphatic carbocycles. The first-order chi connectivity index (χ1) is 11.1. The van der Waals surface area contributed by atoms with Crippen LogP contribution < -0.4 is 20.6 Å². The van der Waals surface area contributed by atoms with Crippen LogP contribution in [0.25, 0.3) is 0 Å². The lowest BCUT2D eigenvalue weighted by Crippen LogP contribution is -2.20. The van der Waals surface area contributed by atoms with Crippen molar-refractivity contribution in [1.82, 2.24) is 0 Å². The number of methoxy groups -OCH3 is 1. The van der Waals surface area contributed by atoms with Gasteiger partial charge in [-0.05, 0) is 45.8 Å². The Kier molecular flexibility index (Phi) is 5.99. The quantitative estimate of drug-likeness (QED) is 0.460. The highest BCUT2D eigenvalue weighted by molar-refractivity contribution is 9.10. The normalized spacial score (nSPS) is 10.5. The van der Waals surface area contributed by atoms with Crippen LogP contribution in [-0.4, -0.2) is 25.8 Å². The largest absolute Gasteiger partial charge is 0.493 e. The number of carbonyl (C=O) groups excluding carboxylic acids is 1. The number of hydrogen-bond donors (Lipinski definition) is 2. The highest BCUT2D eigenvalue weighted by Gasteiger charge is 2.13. The first-order valence-electron chi connectivity index (χ1n) is 6.72. The number of benzene rings is 2. The van der Waals surface area contributed by atoms with Crippen molar-refractivity contribution < 1.29 is 14.3 Å². The molecule has 0 heterocycles. The minimum Gasteiger partial charge on any atom is -0.493 e. The number of nitrogens with zero attached hydrogens (tertiary/aromatic N) is 1. The molecule has 120 valence electrons. The highest BCUT2D eigenvalue weighted by atomic mass is 79.9. The van der Waals surface area contributed by atoms with Crippen molar-refractivity contribution in [3.05, 3.63) is 52.5 Å². The van der Waals surface area contributed by atoms with Crippen molar-refractivity contribution in [3.8, 4) is 11.5 Å². The summed E-state index contributed by atoms with van der Waals surface area (Å²) in [4.78, 5) is 11.9. The lowest BCUT2D eigenvalue weighted by molar-refractivity contribution is -0.118. The molecule has 2 aromatic rings. The zero-order valence-corrected chi connectivity index (χ0v) is 14.0. The third-order valence-electron chi connectivity index (χ3n) is 2.88. The number of hydrogen-bond acceptors (Lipinski definition) is 5. The zero-order valence-electron chi connectivity index (χ0n) is 12.5. The molecule has 23 heavy (non-hydrogen) atoms. The van der Waals surface area contributed by atoms with Gasteiger partial charge in [0.05, 0.1) is 17.8 Å². The van der Waals surface area contributed by atoms with E-state index >= 15 is 0 Å². The summed E-state index contributed by atoms with van der Waals surface area (Å²) in [5.74, 6) is 5.78. The predicted octanol–water partition coefficient (Wildman–Crippen LogP) is 2.77. The topological polar surface area (TPSA) is 85.9 Å². The molecular formula is C16H16BrN3O3. The van der Waals surface area contributed by atoms with Crippen molar-refractivity contribution in [2.24, 2.45) is 10.9 Å². The first-order valence-corrected chi connectivity index (χ1v) is 7.52. The zero-order chi connectivity index (χ0) is 16.7. The Bertz CT molecular complexity index is 705. The van der Waals surface area contributed by atoms with Crippen LogP contribution in [0.3, 0.4) is 0 Å². The summed E-state index contributed by atoms with van der Waals surface area (Å²) in [6.45, 7) is -0.145. The Labute approximate surface area is 142 Å². The van der Waals surface area contributed by atoms with Crippen molar-refractivity contribution in [3.63, 3.8) is 0 Å². The maximum Gasteiger partial charge on any atom is 0.262 e. The minimum atomic E-state index is -0.266. The SMILES string of the molecule is COc1cc(C=NN)cc(Br)c1OCC(=O)Nc1ccccc1. The van der Waals surface area contributed by atoms with Crippen molar-refractivity contribution in [2.75, 3.05) is 19.0 Å². The predicted molar refractivity (Wildman–Crippen MR) is 93.0 cm³/mol. The number of para-hydroxylation sites is 1. The lowest BCUT2D eigenvalue weighted by Gasteiger charge is -2.13. The Morgan fingerprint density at radius 2 is 2.09 bits per heavy atom. The molecule has 0 unspecified atom stereocenters. The molecule has 2 rings (SSSR count). The van der Waals surface area contributed by atoms with Crippen LogP contribution in [0.4, 0.5) is 5.69 Å². The number of hydrazone groups is 1. The molecule has 2 aromatic carbocycles. The molecule has 0 spiro atoms. The monoisotopic (exact) mass is 377 g/mol. The van der Waals surface area contributed by atoms with E-state index in [0.717, 1.165) is 5.56 Å². The minimum absolute atomic E-state index is 0.145. The molecule has 0 fully saturated rings. The van der Waals surface area contributed by atoms with Gasteiger partial charge in [-0.25, -0.2) is 0 Å². The number of carbonyl (C=O) groups is 1. The number of ether oxygens (including phenoxy) is 2. The molecule has 1 amide bonds. The van der Waals surface area contributed by atoms with E-state index in [1.165, 1.54) is 13.3 Å². The fourth-order valence-corrected chi connectivity index (χ4v) is 2.47. The Hall–Kier alpha value is -2.54. The fraction of sp³-hybridized carbons (Fsp3) is 0.125. The second-order valence-electron chi connectivity index (χ2n) is 4.52. The molecule has 0 aromatic heterocycles. The summed E-state index contributed by atoms with van der Waals surface area (Å²) in [6, 6.07) is 12.6. The molecular weight excluding hydrogens is 362 g/mol. The number of halogens is 1. The van der Waals surface area contributed by atoms with Gasteiger partial charge in [0.25, 0.3) is 5.91 Å². The molecule has 3 N–H and O–H groups in total. The molecule has 0 atom stereocenters. The van der Waals surface area contributed by atoms with E-state index in [4.69, 9.17) is 15.3 Å². The van der Waals surface area contributed by atoms with E-state index in [2.05, 4.69) is 26.3 Å². The molecule has 0 aliphatic heterocycles. The number of nitrogens with two attached hydrogens (primary N) is 1. The van der Waals surface area contributed by atoms with E-state index in [9.17, 15) is 4.79 Å². The van der Waals surface area contributed by atoms with Crippen LogP contribution in [0.1, 0.15) is 5.56 Å². The van der Waals surface area contributed by atoms with Gasteiger partial charge in [-0.2, -0.15) is 5.10 Å². The van der Waals surface area contributed by atoms with E-state index in [1.807, 2.05) is 18.2 Å². The average molecular weight is 378 g/mol. The van der Waals surface area contributed by atoms with E-state index < -0.39 is 0 Å². The maximum atomic E-state index is 11.9. The van der Waals surface area contributed by atoms with E-state index in [1.54, 1.807) is 24.3 Å². The van der Waals surface area contributed by atoms with Crippen LogP contribution in [0.15, 0.2) is 52.0 Å². The van der Waals surface area contributed by atoms with Crippen LogP contribution in [0, 0.1) is 0 Å².